The Morgan fingerprint density at radius 1 is 1.09 bits per heavy atom. The van der Waals surface area contributed by atoms with E-state index in [1.165, 1.54) is 12.1 Å². The molecule has 4 rings (SSSR count). The maximum absolute atomic E-state index is 13.1. The molecule has 3 heterocycles. The Kier molecular flexibility index (Phi) is 3.46. The molecular weight excluding hydrogens is 295 g/mol. The van der Waals surface area contributed by atoms with Gasteiger partial charge in [-0.3, -0.25) is 0 Å². The molecule has 0 N–H and O–H groups in total. The van der Waals surface area contributed by atoms with E-state index in [-0.39, 0.29) is 5.82 Å². The van der Waals surface area contributed by atoms with Crippen LogP contribution in [-0.4, -0.2) is 40.9 Å². The Balaban J connectivity index is 1.82. The molecular formula is C17H17FN4O. The van der Waals surface area contributed by atoms with E-state index in [4.69, 9.17) is 4.74 Å². The third-order valence-corrected chi connectivity index (χ3v) is 4.01. The Labute approximate surface area is 133 Å². The second kappa shape index (κ2) is 5.62. The van der Waals surface area contributed by atoms with E-state index in [9.17, 15) is 4.39 Å². The van der Waals surface area contributed by atoms with Gasteiger partial charge < -0.3 is 9.64 Å². The van der Waals surface area contributed by atoms with E-state index in [0.717, 1.165) is 54.7 Å². The monoisotopic (exact) mass is 312 g/mol. The van der Waals surface area contributed by atoms with Crippen LogP contribution in [-0.2, 0) is 4.74 Å². The molecule has 23 heavy (non-hydrogen) atoms. The number of rotatable bonds is 2. The van der Waals surface area contributed by atoms with Crippen molar-refractivity contribution in [3.8, 4) is 11.3 Å². The summed E-state index contributed by atoms with van der Waals surface area (Å²) in [4.78, 5) is 6.82. The summed E-state index contributed by atoms with van der Waals surface area (Å²) in [7, 11) is 0. The lowest BCUT2D eigenvalue weighted by molar-refractivity contribution is 0.122. The fourth-order valence-corrected chi connectivity index (χ4v) is 2.86. The van der Waals surface area contributed by atoms with Crippen LogP contribution in [0.5, 0.6) is 0 Å². The minimum atomic E-state index is -0.250. The van der Waals surface area contributed by atoms with Crippen LogP contribution in [0.3, 0.4) is 0 Å². The van der Waals surface area contributed by atoms with Crippen LogP contribution >= 0.6 is 0 Å². The van der Waals surface area contributed by atoms with Gasteiger partial charge in [-0.25, -0.2) is 9.37 Å². The first-order chi connectivity index (χ1) is 11.2. The molecule has 3 aromatic rings. The molecule has 118 valence electrons. The second-order valence-corrected chi connectivity index (χ2v) is 5.66. The Hall–Kier alpha value is -2.47. The van der Waals surface area contributed by atoms with Gasteiger partial charge in [-0.1, -0.05) is 0 Å². The van der Waals surface area contributed by atoms with Crippen molar-refractivity contribution >= 4 is 11.5 Å². The quantitative estimate of drug-likeness (QED) is 0.730. The third kappa shape index (κ3) is 2.66. The average Bonchev–Trinajstić information content (AvgIpc) is 2.99. The zero-order valence-corrected chi connectivity index (χ0v) is 12.9. The van der Waals surface area contributed by atoms with Crippen molar-refractivity contribution in [2.75, 3.05) is 31.2 Å². The number of aryl methyl sites for hydroxylation is 1. The highest BCUT2D eigenvalue weighted by Gasteiger charge is 2.17. The number of fused-ring (bicyclic) bond motifs is 1. The van der Waals surface area contributed by atoms with Gasteiger partial charge in [0, 0.05) is 36.5 Å². The van der Waals surface area contributed by atoms with Crippen LogP contribution in [0.1, 0.15) is 5.69 Å². The molecule has 0 bridgehead atoms. The average molecular weight is 312 g/mol. The maximum Gasteiger partial charge on any atom is 0.158 e. The molecule has 2 aromatic heterocycles. The minimum Gasteiger partial charge on any atom is -0.378 e. The molecule has 1 saturated heterocycles. The number of benzene rings is 1. The Bertz CT molecular complexity index is 838. The van der Waals surface area contributed by atoms with Crippen LogP contribution in [0, 0.1) is 12.7 Å². The molecule has 0 radical (unpaired) electrons. The summed E-state index contributed by atoms with van der Waals surface area (Å²) in [5, 5.41) is 4.68. The highest BCUT2D eigenvalue weighted by Crippen LogP contribution is 2.24. The maximum atomic E-state index is 13.1. The molecule has 5 nitrogen and oxygen atoms in total. The van der Waals surface area contributed by atoms with Crippen LogP contribution in [0.15, 0.2) is 36.4 Å². The van der Waals surface area contributed by atoms with Gasteiger partial charge in [-0.2, -0.15) is 9.61 Å². The molecule has 1 aliphatic heterocycles. The van der Waals surface area contributed by atoms with Crippen molar-refractivity contribution in [2.24, 2.45) is 0 Å². The summed E-state index contributed by atoms with van der Waals surface area (Å²) in [6, 6.07) is 10.3. The van der Waals surface area contributed by atoms with E-state index in [0.29, 0.717) is 0 Å². The fourth-order valence-electron chi connectivity index (χ4n) is 2.86. The van der Waals surface area contributed by atoms with E-state index in [2.05, 4.69) is 15.0 Å². The Morgan fingerprint density at radius 2 is 1.83 bits per heavy atom. The summed E-state index contributed by atoms with van der Waals surface area (Å²) in [5.41, 5.74) is 3.41. The van der Waals surface area contributed by atoms with Gasteiger partial charge in [0.1, 0.15) is 11.6 Å². The number of hydrogen-bond donors (Lipinski definition) is 0. The molecule has 0 amide bonds. The SMILES string of the molecule is Cc1cc(N2CCOCC2)n2nc(-c3ccc(F)cc3)cc2n1. The highest BCUT2D eigenvalue weighted by molar-refractivity contribution is 5.66. The molecule has 0 atom stereocenters. The van der Waals surface area contributed by atoms with Gasteiger partial charge in [-0.15, -0.1) is 0 Å². The smallest absolute Gasteiger partial charge is 0.158 e. The van der Waals surface area contributed by atoms with Crippen molar-refractivity contribution in [3.05, 3.63) is 47.9 Å². The van der Waals surface area contributed by atoms with Gasteiger partial charge in [0.05, 0.1) is 18.9 Å². The van der Waals surface area contributed by atoms with Crippen LogP contribution in [0.4, 0.5) is 10.2 Å². The number of morpholine rings is 1. The third-order valence-electron chi connectivity index (χ3n) is 4.01. The van der Waals surface area contributed by atoms with Crippen molar-refractivity contribution in [1.82, 2.24) is 14.6 Å². The minimum absolute atomic E-state index is 0.250. The topological polar surface area (TPSA) is 42.7 Å². The number of anilines is 1. The summed E-state index contributed by atoms with van der Waals surface area (Å²) in [6.07, 6.45) is 0. The van der Waals surface area contributed by atoms with Gasteiger partial charge >= 0.3 is 0 Å². The lowest BCUT2D eigenvalue weighted by atomic mass is 10.1. The van der Waals surface area contributed by atoms with Crippen LogP contribution in [0.25, 0.3) is 16.9 Å². The molecule has 1 aromatic carbocycles. The van der Waals surface area contributed by atoms with Crippen LogP contribution < -0.4 is 4.90 Å². The van der Waals surface area contributed by atoms with Crippen molar-refractivity contribution in [2.45, 2.75) is 6.92 Å². The first kappa shape index (κ1) is 14.1. The van der Waals surface area contributed by atoms with Crippen molar-refractivity contribution < 1.29 is 9.13 Å². The van der Waals surface area contributed by atoms with Gasteiger partial charge in [0.2, 0.25) is 0 Å². The molecule has 1 fully saturated rings. The largest absolute Gasteiger partial charge is 0.378 e. The number of halogens is 1. The van der Waals surface area contributed by atoms with Crippen LogP contribution in [0.2, 0.25) is 0 Å². The first-order valence-corrected chi connectivity index (χ1v) is 7.67. The molecule has 0 aliphatic carbocycles. The van der Waals surface area contributed by atoms with Crippen molar-refractivity contribution in [3.63, 3.8) is 0 Å². The normalized spacial score (nSPS) is 15.3. The van der Waals surface area contributed by atoms with E-state index >= 15 is 0 Å². The number of hydrogen-bond acceptors (Lipinski definition) is 4. The lowest BCUT2D eigenvalue weighted by Crippen LogP contribution is -2.37. The van der Waals surface area contributed by atoms with Crippen molar-refractivity contribution in [1.29, 1.82) is 0 Å². The summed E-state index contributed by atoms with van der Waals surface area (Å²) in [6.45, 7) is 5.09. The number of ether oxygens (including phenoxy) is 1. The van der Waals surface area contributed by atoms with E-state index < -0.39 is 0 Å². The first-order valence-electron chi connectivity index (χ1n) is 7.67. The lowest BCUT2D eigenvalue weighted by Gasteiger charge is -2.29. The molecule has 0 saturated carbocycles. The van der Waals surface area contributed by atoms with E-state index in [1.54, 1.807) is 12.1 Å². The van der Waals surface area contributed by atoms with E-state index in [1.807, 2.05) is 23.6 Å². The predicted molar refractivity (Wildman–Crippen MR) is 86.2 cm³/mol. The summed E-state index contributed by atoms with van der Waals surface area (Å²) in [5.74, 6) is 0.768. The van der Waals surface area contributed by atoms with Gasteiger partial charge in [-0.05, 0) is 31.2 Å². The highest BCUT2D eigenvalue weighted by atomic mass is 19.1. The second-order valence-electron chi connectivity index (χ2n) is 5.66. The summed E-state index contributed by atoms with van der Waals surface area (Å²) >= 11 is 0. The van der Waals surface area contributed by atoms with Gasteiger partial charge in [0.15, 0.2) is 5.65 Å². The Morgan fingerprint density at radius 3 is 2.57 bits per heavy atom. The molecule has 6 heteroatoms. The zero-order chi connectivity index (χ0) is 15.8. The summed E-state index contributed by atoms with van der Waals surface area (Å²) < 4.78 is 20.4. The standard InChI is InChI=1S/C17H17FN4O/c1-12-10-17(21-6-8-23-9-7-21)22-16(19-12)11-15(20-22)13-2-4-14(18)5-3-13/h2-5,10-11H,6-9H2,1H3. The molecule has 1 aliphatic rings. The number of nitrogens with zero attached hydrogens (tertiary/aromatic N) is 4. The predicted octanol–water partition coefficient (Wildman–Crippen LogP) is 2.68. The van der Waals surface area contributed by atoms with Gasteiger partial charge in [0.25, 0.3) is 0 Å². The number of aromatic nitrogens is 3. The molecule has 0 unspecified atom stereocenters. The fraction of sp³-hybridized carbons (Fsp3) is 0.294. The zero-order valence-electron chi connectivity index (χ0n) is 12.9. The molecule has 0 spiro atoms.